The maximum atomic E-state index is 13.1. The summed E-state index contributed by atoms with van der Waals surface area (Å²) in [7, 11) is 0. The smallest absolute Gasteiger partial charge is 0.255 e. The number of H-pyrrole nitrogens is 1. The molecule has 2 heterocycles. The van der Waals surface area contributed by atoms with Crippen molar-refractivity contribution in [1.29, 1.82) is 0 Å². The van der Waals surface area contributed by atoms with Gasteiger partial charge in [0.25, 0.3) is 5.91 Å². The Labute approximate surface area is 176 Å². The van der Waals surface area contributed by atoms with Crippen molar-refractivity contribution < 1.29 is 9.18 Å². The Balaban J connectivity index is 1.49. The Morgan fingerprint density at radius 3 is 2.73 bits per heavy atom. The molecule has 3 aromatic rings. The van der Waals surface area contributed by atoms with Crippen LogP contribution in [0, 0.1) is 5.82 Å². The molecular weight excluding hydrogens is 377 g/mol. The van der Waals surface area contributed by atoms with E-state index in [9.17, 15) is 9.18 Å². The Morgan fingerprint density at radius 2 is 2.00 bits per heavy atom. The number of hydrogen-bond acceptors (Lipinski definition) is 2. The van der Waals surface area contributed by atoms with Gasteiger partial charge in [0.05, 0.1) is 0 Å². The molecule has 1 aliphatic heterocycles. The third-order valence-corrected chi connectivity index (χ3v) is 5.76. The van der Waals surface area contributed by atoms with Crippen LogP contribution in [0.4, 0.5) is 10.1 Å². The molecule has 0 fully saturated rings. The van der Waals surface area contributed by atoms with Gasteiger partial charge in [-0.05, 0) is 67.4 Å². The molecule has 1 amide bonds. The second kappa shape index (κ2) is 9.26. The van der Waals surface area contributed by atoms with Gasteiger partial charge in [0.1, 0.15) is 5.82 Å². The molecule has 0 saturated heterocycles. The maximum Gasteiger partial charge on any atom is 0.255 e. The summed E-state index contributed by atoms with van der Waals surface area (Å²) in [5.74, 6) is -0.597. The first-order valence-corrected chi connectivity index (χ1v) is 10.7. The normalized spacial score (nSPS) is 14.7. The lowest BCUT2D eigenvalue weighted by Gasteiger charge is -2.26. The van der Waals surface area contributed by atoms with Gasteiger partial charge in [-0.25, -0.2) is 4.39 Å². The lowest BCUT2D eigenvalue weighted by Crippen LogP contribution is -2.29. The van der Waals surface area contributed by atoms with Gasteiger partial charge in [-0.3, -0.25) is 9.69 Å². The Bertz CT molecular complexity index is 1050. The molecule has 0 unspecified atom stereocenters. The van der Waals surface area contributed by atoms with E-state index in [1.165, 1.54) is 61.2 Å². The van der Waals surface area contributed by atoms with Crippen molar-refractivity contribution in [1.82, 2.24) is 9.88 Å². The highest BCUT2D eigenvalue weighted by atomic mass is 19.1. The van der Waals surface area contributed by atoms with Gasteiger partial charge in [-0.1, -0.05) is 25.8 Å². The summed E-state index contributed by atoms with van der Waals surface area (Å²) < 4.78 is 13.1. The Kier molecular flexibility index (Phi) is 6.29. The standard InChI is InChI=1S/C25H28FN3O/c1-2-3-4-13-29-14-11-18(12-15-29)23-17-27-24-10-9-21(16-22(23)24)28-25(30)19-5-7-20(26)8-6-19/h5-11,16-17,27H,2-4,12-15H2,1H3,(H,28,30). The van der Waals surface area contributed by atoms with Crippen LogP contribution in [0.15, 0.2) is 54.7 Å². The molecule has 0 atom stereocenters. The monoisotopic (exact) mass is 405 g/mol. The second-order valence-electron chi connectivity index (χ2n) is 7.91. The second-order valence-corrected chi connectivity index (χ2v) is 7.91. The van der Waals surface area contributed by atoms with Gasteiger partial charge in [-0.15, -0.1) is 0 Å². The highest BCUT2D eigenvalue weighted by Crippen LogP contribution is 2.31. The molecule has 0 radical (unpaired) electrons. The van der Waals surface area contributed by atoms with Gasteiger partial charge < -0.3 is 10.3 Å². The third kappa shape index (κ3) is 4.62. The molecule has 2 N–H and O–H groups in total. The Hall–Kier alpha value is -2.92. The third-order valence-electron chi connectivity index (χ3n) is 5.76. The van der Waals surface area contributed by atoms with Crippen LogP contribution in [0.3, 0.4) is 0 Å². The summed E-state index contributed by atoms with van der Waals surface area (Å²) in [6.07, 6.45) is 9.25. The SMILES string of the molecule is CCCCCN1CC=C(c2c[nH]c3ccc(NC(=O)c4ccc(F)cc4)cc23)CC1. The number of fused-ring (bicyclic) bond motifs is 1. The van der Waals surface area contributed by atoms with E-state index in [1.807, 2.05) is 18.2 Å². The number of benzene rings is 2. The van der Waals surface area contributed by atoms with Crippen molar-refractivity contribution in [2.24, 2.45) is 0 Å². The predicted octanol–water partition coefficient (Wildman–Crippen LogP) is 5.84. The van der Waals surface area contributed by atoms with Crippen LogP contribution in [0.25, 0.3) is 16.5 Å². The summed E-state index contributed by atoms with van der Waals surface area (Å²) in [4.78, 5) is 18.3. The molecular formula is C25H28FN3O. The fourth-order valence-corrected chi connectivity index (χ4v) is 4.01. The number of hydrogen-bond donors (Lipinski definition) is 2. The van der Waals surface area contributed by atoms with Crippen molar-refractivity contribution in [3.05, 3.63) is 71.7 Å². The number of anilines is 1. The summed E-state index contributed by atoms with van der Waals surface area (Å²) in [5.41, 5.74) is 4.78. The van der Waals surface area contributed by atoms with Crippen molar-refractivity contribution in [2.45, 2.75) is 32.6 Å². The van der Waals surface area contributed by atoms with Crippen molar-refractivity contribution in [3.63, 3.8) is 0 Å². The zero-order valence-corrected chi connectivity index (χ0v) is 17.4. The van der Waals surface area contributed by atoms with Crippen LogP contribution in [-0.2, 0) is 0 Å². The van der Waals surface area contributed by atoms with Crippen molar-refractivity contribution in [3.8, 4) is 0 Å². The van der Waals surface area contributed by atoms with E-state index in [0.29, 0.717) is 5.56 Å². The summed E-state index contributed by atoms with van der Waals surface area (Å²) in [6.45, 7) is 5.49. The molecule has 30 heavy (non-hydrogen) atoms. The van der Waals surface area contributed by atoms with Crippen molar-refractivity contribution in [2.75, 3.05) is 25.0 Å². The van der Waals surface area contributed by atoms with E-state index in [4.69, 9.17) is 0 Å². The predicted molar refractivity (Wildman–Crippen MR) is 121 cm³/mol. The fraction of sp³-hybridized carbons (Fsp3) is 0.320. The number of rotatable bonds is 7. The van der Waals surface area contributed by atoms with Crippen LogP contribution < -0.4 is 5.32 Å². The minimum atomic E-state index is -0.352. The number of amides is 1. The van der Waals surface area contributed by atoms with Gasteiger partial charge in [-0.2, -0.15) is 0 Å². The molecule has 5 heteroatoms. The van der Waals surface area contributed by atoms with Crippen LogP contribution in [0.1, 0.15) is 48.5 Å². The molecule has 156 valence electrons. The van der Waals surface area contributed by atoms with Gasteiger partial charge in [0, 0.05) is 47.0 Å². The number of aromatic nitrogens is 1. The minimum absolute atomic E-state index is 0.244. The van der Waals surface area contributed by atoms with Crippen LogP contribution in [-0.4, -0.2) is 35.4 Å². The first kappa shape index (κ1) is 20.4. The topological polar surface area (TPSA) is 48.1 Å². The molecule has 2 aromatic carbocycles. The molecule has 0 bridgehead atoms. The van der Waals surface area contributed by atoms with Gasteiger partial charge in [0.2, 0.25) is 0 Å². The number of halogens is 1. The first-order chi connectivity index (χ1) is 14.6. The number of unbranched alkanes of at least 4 members (excludes halogenated alkanes) is 2. The fourth-order valence-electron chi connectivity index (χ4n) is 4.01. The quantitative estimate of drug-likeness (QED) is 0.485. The number of nitrogens with zero attached hydrogens (tertiary/aromatic N) is 1. The largest absolute Gasteiger partial charge is 0.361 e. The zero-order valence-electron chi connectivity index (χ0n) is 17.4. The Morgan fingerprint density at radius 1 is 1.17 bits per heavy atom. The first-order valence-electron chi connectivity index (χ1n) is 10.7. The van der Waals surface area contributed by atoms with E-state index < -0.39 is 0 Å². The highest BCUT2D eigenvalue weighted by Gasteiger charge is 2.16. The molecule has 4 rings (SSSR count). The summed E-state index contributed by atoms with van der Waals surface area (Å²) >= 11 is 0. The molecule has 1 aliphatic rings. The minimum Gasteiger partial charge on any atom is -0.361 e. The molecule has 0 saturated carbocycles. The van der Waals surface area contributed by atoms with Crippen LogP contribution in [0.2, 0.25) is 0 Å². The van der Waals surface area contributed by atoms with E-state index in [2.05, 4.69) is 34.4 Å². The summed E-state index contributed by atoms with van der Waals surface area (Å²) in [5, 5.41) is 4.03. The van der Waals surface area contributed by atoms with E-state index in [0.717, 1.165) is 36.1 Å². The molecule has 0 spiro atoms. The molecule has 1 aromatic heterocycles. The van der Waals surface area contributed by atoms with Crippen molar-refractivity contribution >= 4 is 28.1 Å². The number of carbonyl (C=O) groups excluding carboxylic acids is 1. The number of aromatic amines is 1. The van der Waals surface area contributed by atoms with Gasteiger partial charge >= 0.3 is 0 Å². The van der Waals surface area contributed by atoms with Crippen LogP contribution in [0.5, 0.6) is 0 Å². The van der Waals surface area contributed by atoms with Crippen LogP contribution >= 0.6 is 0 Å². The average molecular weight is 406 g/mol. The highest BCUT2D eigenvalue weighted by molar-refractivity contribution is 6.05. The maximum absolute atomic E-state index is 13.1. The van der Waals surface area contributed by atoms with E-state index >= 15 is 0 Å². The van der Waals surface area contributed by atoms with E-state index in [-0.39, 0.29) is 11.7 Å². The number of nitrogens with one attached hydrogen (secondary N) is 2. The van der Waals surface area contributed by atoms with Gasteiger partial charge in [0.15, 0.2) is 0 Å². The molecule has 0 aliphatic carbocycles. The zero-order chi connectivity index (χ0) is 20.9. The van der Waals surface area contributed by atoms with E-state index in [1.54, 1.807) is 0 Å². The lowest BCUT2D eigenvalue weighted by atomic mass is 9.98. The lowest BCUT2D eigenvalue weighted by molar-refractivity contribution is 0.102. The average Bonchev–Trinajstić information content (AvgIpc) is 3.18. The molecule has 4 nitrogen and oxygen atoms in total. The number of carbonyl (C=O) groups is 1. The summed E-state index contributed by atoms with van der Waals surface area (Å²) in [6, 6.07) is 11.5.